The molecule has 1 saturated carbocycles. The zero-order valence-corrected chi connectivity index (χ0v) is 18.5. The number of ether oxygens (including phenoxy) is 2. The van der Waals surface area contributed by atoms with Crippen LogP contribution in [0.1, 0.15) is 53.5 Å². The lowest BCUT2D eigenvalue weighted by atomic mass is 9.95. The van der Waals surface area contributed by atoms with Crippen LogP contribution in [0.15, 0.2) is 30.6 Å². The van der Waals surface area contributed by atoms with Crippen molar-refractivity contribution >= 4 is 11.8 Å². The number of hydrogen-bond donors (Lipinski definition) is 1. The summed E-state index contributed by atoms with van der Waals surface area (Å²) in [6.45, 7) is 2.93. The number of hydrogen-bond acceptors (Lipinski definition) is 5. The zero-order valence-electron chi connectivity index (χ0n) is 18.5. The van der Waals surface area contributed by atoms with Crippen molar-refractivity contribution in [3.05, 3.63) is 47.5 Å². The Balaban J connectivity index is 1.18. The Morgan fingerprint density at radius 1 is 1.16 bits per heavy atom. The molecule has 1 saturated heterocycles. The Labute approximate surface area is 187 Å². The molecule has 5 rings (SSSR count). The van der Waals surface area contributed by atoms with E-state index >= 15 is 0 Å². The summed E-state index contributed by atoms with van der Waals surface area (Å²) in [6.07, 6.45) is 5.51. The van der Waals surface area contributed by atoms with Crippen LogP contribution in [-0.4, -0.2) is 53.0 Å². The maximum Gasteiger partial charge on any atom is 0.274 e. The molecule has 3 aliphatic rings. The fraction of sp³-hybridized carbons (Fsp3) is 0.542. The third kappa shape index (κ3) is 4.37. The third-order valence-corrected chi connectivity index (χ3v) is 6.84. The number of aromatic nitrogens is 2. The predicted molar refractivity (Wildman–Crippen MR) is 117 cm³/mol. The fourth-order valence-corrected chi connectivity index (χ4v) is 4.53. The molecular weight excluding hydrogens is 408 g/mol. The normalized spacial score (nSPS) is 21.2. The molecule has 170 valence electrons. The molecular formula is C24H30N4O4. The van der Waals surface area contributed by atoms with E-state index in [1.807, 2.05) is 33.7 Å². The molecule has 1 atom stereocenters. The van der Waals surface area contributed by atoms with Gasteiger partial charge in [-0.25, -0.2) is 4.98 Å². The molecule has 1 aliphatic carbocycles. The minimum atomic E-state index is -0.0875. The maximum absolute atomic E-state index is 13.1. The van der Waals surface area contributed by atoms with Crippen molar-refractivity contribution in [2.45, 2.75) is 44.9 Å². The van der Waals surface area contributed by atoms with Crippen LogP contribution < -0.4 is 10.1 Å². The molecule has 8 nitrogen and oxygen atoms in total. The number of likely N-dealkylation sites (tertiary alicyclic amines) is 1. The quantitative estimate of drug-likeness (QED) is 0.749. The highest BCUT2D eigenvalue weighted by Crippen LogP contribution is 2.30. The van der Waals surface area contributed by atoms with E-state index in [4.69, 9.17) is 9.47 Å². The third-order valence-electron chi connectivity index (χ3n) is 6.84. The first-order valence-corrected chi connectivity index (χ1v) is 11.5. The highest BCUT2D eigenvalue weighted by Gasteiger charge is 2.32. The second-order valence-corrected chi connectivity index (χ2v) is 9.02. The first-order chi connectivity index (χ1) is 15.6. The highest BCUT2D eigenvalue weighted by molar-refractivity contribution is 5.93. The number of amides is 2. The average Bonchev–Trinajstić information content (AvgIpc) is 3.59. The van der Waals surface area contributed by atoms with E-state index in [0.717, 1.165) is 23.6 Å². The van der Waals surface area contributed by atoms with Crippen molar-refractivity contribution in [3.8, 4) is 5.75 Å². The van der Waals surface area contributed by atoms with Crippen LogP contribution in [0.4, 0.5) is 0 Å². The van der Waals surface area contributed by atoms with Crippen LogP contribution in [0.2, 0.25) is 0 Å². The van der Waals surface area contributed by atoms with Gasteiger partial charge in [0.1, 0.15) is 11.9 Å². The van der Waals surface area contributed by atoms with E-state index in [9.17, 15) is 9.59 Å². The van der Waals surface area contributed by atoms with Crippen molar-refractivity contribution in [1.82, 2.24) is 19.8 Å². The SMILES string of the molecule is COc1ccc(C2Cn3cnc(C(=O)N4CCC(C(=O)NCC5CC5)CC4)c3CO2)cc1. The van der Waals surface area contributed by atoms with E-state index in [-0.39, 0.29) is 23.8 Å². The molecule has 2 fully saturated rings. The Morgan fingerprint density at radius 2 is 1.91 bits per heavy atom. The van der Waals surface area contributed by atoms with Crippen LogP contribution in [0.25, 0.3) is 0 Å². The van der Waals surface area contributed by atoms with Gasteiger partial charge >= 0.3 is 0 Å². The second kappa shape index (κ2) is 8.94. The summed E-state index contributed by atoms with van der Waals surface area (Å²) in [5, 5.41) is 3.07. The first-order valence-electron chi connectivity index (χ1n) is 11.5. The Kier molecular flexibility index (Phi) is 5.87. The molecule has 8 heteroatoms. The average molecular weight is 439 g/mol. The number of benzene rings is 1. The maximum atomic E-state index is 13.1. The smallest absolute Gasteiger partial charge is 0.274 e. The Morgan fingerprint density at radius 3 is 2.59 bits per heavy atom. The van der Waals surface area contributed by atoms with Crippen molar-refractivity contribution in [2.75, 3.05) is 26.7 Å². The van der Waals surface area contributed by atoms with Gasteiger partial charge < -0.3 is 24.3 Å². The van der Waals surface area contributed by atoms with E-state index in [1.165, 1.54) is 12.8 Å². The molecule has 0 spiro atoms. The molecule has 1 N–H and O–H groups in total. The summed E-state index contributed by atoms with van der Waals surface area (Å²) < 4.78 is 13.3. The van der Waals surface area contributed by atoms with Crippen LogP contribution in [0.3, 0.4) is 0 Å². The highest BCUT2D eigenvalue weighted by atomic mass is 16.5. The van der Waals surface area contributed by atoms with Gasteiger partial charge in [0.15, 0.2) is 5.69 Å². The molecule has 2 aromatic rings. The molecule has 0 bridgehead atoms. The van der Waals surface area contributed by atoms with Gasteiger partial charge in [0.05, 0.1) is 32.3 Å². The minimum Gasteiger partial charge on any atom is -0.497 e. The molecule has 2 aliphatic heterocycles. The van der Waals surface area contributed by atoms with E-state index in [0.29, 0.717) is 50.7 Å². The van der Waals surface area contributed by atoms with Gasteiger partial charge in [-0.15, -0.1) is 0 Å². The van der Waals surface area contributed by atoms with E-state index < -0.39 is 0 Å². The number of nitrogens with one attached hydrogen (secondary N) is 1. The van der Waals surface area contributed by atoms with Gasteiger partial charge in [-0.2, -0.15) is 0 Å². The molecule has 1 aromatic carbocycles. The molecule has 32 heavy (non-hydrogen) atoms. The number of rotatable bonds is 6. The van der Waals surface area contributed by atoms with Crippen LogP contribution in [-0.2, 0) is 22.7 Å². The van der Waals surface area contributed by atoms with Crippen molar-refractivity contribution in [3.63, 3.8) is 0 Å². The standard InChI is InChI=1S/C24H30N4O4/c1-31-19-6-4-17(5-7-19)21-13-28-15-26-22(20(28)14-32-21)24(30)27-10-8-18(9-11-27)23(29)25-12-16-2-3-16/h4-7,15-16,18,21H,2-3,8-14H2,1H3,(H,25,29). The number of fused-ring (bicyclic) bond motifs is 1. The fourth-order valence-electron chi connectivity index (χ4n) is 4.53. The number of imidazole rings is 1. The number of carbonyl (C=O) groups excluding carboxylic acids is 2. The van der Waals surface area contributed by atoms with Crippen molar-refractivity contribution < 1.29 is 19.1 Å². The van der Waals surface area contributed by atoms with Gasteiger partial charge in [0, 0.05) is 25.6 Å². The van der Waals surface area contributed by atoms with Gasteiger partial charge in [0.25, 0.3) is 5.91 Å². The molecule has 1 unspecified atom stereocenters. The van der Waals surface area contributed by atoms with Gasteiger partial charge in [-0.3, -0.25) is 9.59 Å². The summed E-state index contributed by atoms with van der Waals surface area (Å²) in [7, 11) is 1.65. The predicted octanol–water partition coefficient (Wildman–Crippen LogP) is 2.54. The number of methoxy groups -OCH3 is 1. The van der Waals surface area contributed by atoms with E-state index in [2.05, 4.69) is 10.3 Å². The van der Waals surface area contributed by atoms with Crippen LogP contribution in [0, 0.1) is 11.8 Å². The number of nitrogens with zero attached hydrogens (tertiary/aromatic N) is 3. The monoisotopic (exact) mass is 438 g/mol. The van der Waals surface area contributed by atoms with Crippen molar-refractivity contribution in [2.24, 2.45) is 11.8 Å². The van der Waals surface area contributed by atoms with Crippen molar-refractivity contribution in [1.29, 1.82) is 0 Å². The summed E-state index contributed by atoms with van der Waals surface area (Å²) in [5.41, 5.74) is 2.36. The topological polar surface area (TPSA) is 85.7 Å². The van der Waals surface area contributed by atoms with E-state index in [1.54, 1.807) is 13.4 Å². The minimum absolute atomic E-state index is 0.00213. The lowest BCUT2D eigenvalue weighted by Crippen LogP contribution is -2.43. The molecule has 2 amide bonds. The largest absolute Gasteiger partial charge is 0.497 e. The first kappa shape index (κ1) is 21.0. The van der Waals surface area contributed by atoms with Gasteiger partial charge in [-0.05, 0) is 49.3 Å². The van der Waals surface area contributed by atoms with Crippen LogP contribution >= 0.6 is 0 Å². The summed E-state index contributed by atoms with van der Waals surface area (Å²) in [5.74, 6) is 1.56. The molecule has 1 aromatic heterocycles. The Hall–Kier alpha value is -2.87. The Bertz CT molecular complexity index is 974. The lowest BCUT2D eigenvalue weighted by molar-refractivity contribution is -0.126. The van der Waals surface area contributed by atoms with Gasteiger partial charge in [-0.1, -0.05) is 12.1 Å². The molecule has 0 radical (unpaired) electrons. The number of piperidine rings is 1. The second-order valence-electron chi connectivity index (χ2n) is 9.02. The summed E-state index contributed by atoms with van der Waals surface area (Å²) in [4.78, 5) is 31.7. The van der Waals surface area contributed by atoms with Crippen LogP contribution in [0.5, 0.6) is 5.75 Å². The summed E-state index contributed by atoms with van der Waals surface area (Å²) in [6, 6.07) is 7.85. The summed E-state index contributed by atoms with van der Waals surface area (Å²) >= 11 is 0. The zero-order chi connectivity index (χ0) is 22.1. The van der Waals surface area contributed by atoms with Gasteiger partial charge in [0.2, 0.25) is 5.91 Å². The molecule has 3 heterocycles. The number of carbonyl (C=O) groups is 2. The lowest BCUT2D eigenvalue weighted by Gasteiger charge is -2.31.